The average molecular weight is 1660 g/mol. The molecule has 0 aromatic heterocycles. The van der Waals surface area contributed by atoms with Crippen molar-refractivity contribution in [3.8, 4) is 0 Å². The molecule has 0 saturated carbocycles. The zero-order chi connectivity index (χ0) is 84.0. The number of rotatable bonds is 33. The van der Waals surface area contributed by atoms with Gasteiger partial charge >= 0.3 is 5.97 Å². The molecule has 8 aliphatic rings. The topological polar surface area (TPSA) is 798 Å². The molecule has 8 rings (SSSR count). The number of aliphatic hydroxyl groups excluding tert-OH is 26. The molecule has 30 N–H and O–H groups in total. The van der Waals surface area contributed by atoms with Crippen LogP contribution >= 0.6 is 0 Å². The van der Waals surface area contributed by atoms with E-state index in [1.165, 1.54) is 13.8 Å². The molecule has 0 bridgehead atoms. The fourth-order valence-corrected chi connectivity index (χ4v) is 14.1. The fourth-order valence-electron chi connectivity index (χ4n) is 14.1. The van der Waals surface area contributed by atoms with Gasteiger partial charge in [0.25, 0.3) is 5.79 Å². The molecule has 0 unspecified atom stereocenters. The lowest BCUT2D eigenvalue weighted by atomic mass is 9.88. The second kappa shape index (κ2) is 41.0. The van der Waals surface area contributed by atoms with Crippen LogP contribution in [0.3, 0.4) is 0 Å². The highest BCUT2D eigenvalue weighted by Crippen LogP contribution is 2.40. The van der Waals surface area contributed by atoms with Crippen LogP contribution in [0, 0.1) is 0 Å². The Kier molecular flexibility index (Phi) is 34.3. The molecule has 8 heterocycles. The third-order valence-electron chi connectivity index (χ3n) is 20.5. The summed E-state index contributed by atoms with van der Waals surface area (Å²) in [6.45, 7) is -4.68. The first kappa shape index (κ1) is 94.7. The van der Waals surface area contributed by atoms with Crippen molar-refractivity contribution in [2.75, 3.05) is 52.9 Å². The summed E-state index contributed by atoms with van der Waals surface area (Å²) >= 11 is 0. The van der Waals surface area contributed by atoms with Crippen LogP contribution in [0.4, 0.5) is 0 Å². The zero-order valence-electron chi connectivity index (χ0n) is 61.0. The molecule has 50 nitrogen and oxygen atoms in total. The Hall–Kier alpha value is -3.80. The highest BCUT2D eigenvalue weighted by Gasteiger charge is 2.62. The van der Waals surface area contributed by atoms with E-state index in [1.54, 1.807) is 0 Å². The Morgan fingerprint density at radius 2 is 0.761 bits per heavy atom. The standard InChI is InChI=1S/C63H107N3O47/c1-15-32(80)39(87)43(91)57(100-15)107-48(22(78)8-68)49(23(79)9-69)108-61-47(95)54(112-56-30(65-18(4)74)51(37(85)25(11-71)102-56)110-59-45(93)41(89)35(83)24(10-70)103-59)38(86)27(105-61)13-98-55-31(66-19(5)75)53(111-58-44(92)40(88)33(81)16(2)101-58)50(26(12-72)104-55)109-60-46(94)42(90)36(84)28(106-60)14-99-63(62(96)97)6-20(76)29(64-17(3)73)52(113-63)34(82)21(77)7-67/h15-16,20-61,67-72,76-95H,6-14H2,1-5H3,(H,64,73)(H,65,74)(H,66,75)(H,96,97)/t15-,16-,20-,21+,22-,23+,24+,25+,26+,27+,28+,29+,30+,31+,32+,33+,34+,35-,36-,37+,38-,39+,40+,41-,42-,43-,44-,45+,46+,47+,48+,49+,50+,51+,52+,53+,54-,55+,56-,57-,58-,59-,60-,61-,63+/m0/s1. The lowest BCUT2D eigenvalue weighted by Gasteiger charge is -2.51. The minimum atomic E-state index is -3.12. The number of aliphatic carboxylic acids is 1. The quantitative estimate of drug-likeness (QED) is 0.0290. The van der Waals surface area contributed by atoms with Gasteiger partial charge in [-0.2, -0.15) is 0 Å². The number of nitrogens with one attached hydrogen (secondary N) is 3. The van der Waals surface area contributed by atoms with Gasteiger partial charge in [-0.25, -0.2) is 4.79 Å². The monoisotopic (exact) mass is 1660 g/mol. The molecular weight excluding hydrogens is 1550 g/mol. The van der Waals surface area contributed by atoms with E-state index in [9.17, 15) is 157 Å². The first-order chi connectivity index (χ1) is 53.1. The van der Waals surface area contributed by atoms with Crippen molar-refractivity contribution < 1.29 is 233 Å². The number of amides is 3. The third-order valence-corrected chi connectivity index (χ3v) is 20.5. The van der Waals surface area contributed by atoms with Crippen molar-refractivity contribution in [3.05, 3.63) is 0 Å². The van der Waals surface area contributed by atoms with E-state index >= 15 is 0 Å². The van der Waals surface area contributed by atoms with Crippen LogP contribution < -0.4 is 16.0 Å². The number of carboxylic acid groups (broad SMARTS) is 1. The molecule has 0 radical (unpaired) electrons. The first-order valence-electron chi connectivity index (χ1n) is 35.9. The van der Waals surface area contributed by atoms with Gasteiger partial charge in [-0.15, -0.1) is 0 Å². The molecule has 0 aromatic carbocycles. The van der Waals surface area contributed by atoms with Gasteiger partial charge < -0.3 is 230 Å². The van der Waals surface area contributed by atoms with E-state index in [1.807, 2.05) is 0 Å². The molecule has 656 valence electrons. The molecule has 50 heteroatoms. The van der Waals surface area contributed by atoms with Crippen molar-refractivity contribution in [2.24, 2.45) is 0 Å². The Morgan fingerprint density at radius 3 is 1.26 bits per heavy atom. The molecule has 0 aliphatic carbocycles. The van der Waals surface area contributed by atoms with Crippen LogP contribution in [0.5, 0.6) is 0 Å². The van der Waals surface area contributed by atoms with E-state index in [0.29, 0.717) is 0 Å². The van der Waals surface area contributed by atoms with Crippen LogP contribution in [-0.4, -0.2) is 490 Å². The third kappa shape index (κ3) is 21.3. The maximum Gasteiger partial charge on any atom is 0.364 e. The summed E-state index contributed by atoms with van der Waals surface area (Å²) in [6, 6.07) is -5.75. The van der Waals surface area contributed by atoms with Gasteiger partial charge in [0.05, 0.1) is 77.2 Å². The van der Waals surface area contributed by atoms with Gasteiger partial charge in [-0.1, -0.05) is 0 Å². The van der Waals surface area contributed by atoms with Crippen LogP contribution in [-0.2, 0) is 95.0 Å². The van der Waals surface area contributed by atoms with Crippen LogP contribution in [0.25, 0.3) is 0 Å². The van der Waals surface area contributed by atoms with Gasteiger partial charge in [-0.3, -0.25) is 14.4 Å². The largest absolute Gasteiger partial charge is 0.477 e. The van der Waals surface area contributed by atoms with E-state index in [4.69, 9.17) is 75.8 Å². The van der Waals surface area contributed by atoms with Gasteiger partial charge in [0.1, 0.15) is 201 Å². The van der Waals surface area contributed by atoms with E-state index in [2.05, 4.69) is 16.0 Å². The van der Waals surface area contributed by atoms with E-state index in [-0.39, 0.29) is 0 Å². The minimum Gasteiger partial charge on any atom is -0.477 e. The summed E-state index contributed by atoms with van der Waals surface area (Å²) in [7, 11) is 0. The number of carbonyl (C=O) groups excluding carboxylic acids is 3. The maximum atomic E-state index is 13.6. The van der Waals surface area contributed by atoms with Crippen molar-refractivity contribution in [1.82, 2.24) is 16.0 Å². The van der Waals surface area contributed by atoms with Crippen molar-refractivity contribution in [3.63, 3.8) is 0 Å². The zero-order valence-corrected chi connectivity index (χ0v) is 61.0. The summed E-state index contributed by atoms with van der Waals surface area (Å²) in [5.74, 6) is -8.08. The predicted octanol–water partition coefficient (Wildman–Crippen LogP) is -19.3. The van der Waals surface area contributed by atoms with Gasteiger partial charge in [-0.05, 0) is 13.8 Å². The molecule has 113 heavy (non-hydrogen) atoms. The SMILES string of the molecule is CC(=O)N[C@H]1[C@H](OC[C@H]2O[C@@H](O[C@@H]([C@H](O[C@@H]3O[C@@H](C)[C@@H](O)[C@@H](O)[C@@H]3O)[C@@H](O)CO)[C@H](O)CO)[C@H](O)[C@@H](O[C@@H]3O[C@H](CO)[C@@H](O)[C@H](O[C@@H]4O[C@H](CO)[C@H](O)[C@H](O)[C@H]4O)[C@H]3NC(C)=O)[C@H]2O)O[C@H](CO)[C@@H](O[C@@H]2O[C@H](CO[C@]3(C(=O)O)C[C@H](O)[C@@H](NC(C)=O)[C@H]([C@H](O)[C@H](O)CO)O3)[C@H](O)[C@H](O)[C@H]2O)[C@@H]1O[C@@H]1O[C@@H](C)[C@@H](O)[C@@H](O)[C@@H]1O. The summed E-state index contributed by atoms with van der Waals surface area (Å²) in [6.07, 6.45) is -89.2. The van der Waals surface area contributed by atoms with Gasteiger partial charge in [0.2, 0.25) is 17.7 Å². The van der Waals surface area contributed by atoms with Gasteiger partial charge in [0, 0.05) is 27.2 Å². The second-order valence-electron chi connectivity index (χ2n) is 28.6. The molecule has 8 fully saturated rings. The van der Waals surface area contributed by atoms with E-state index < -0.39 is 358 Å². The van der Waals surface area contributed by atoms with Crippen molar-refractivity contribution >= 4 is 23.7 Å². The Labute approximate surface area is 640 Å². The average Bonchev–Trinajstić information content (AvgIpc) is 0.767. The highest BCUT2D eigenvalue weighted by molar-refractivity contribution is 5.77. The highest BCUT2D eigenvalue weighted by atomic mass is 16.8. The summed E-state index contributed by atoms with van der Waals surface area (Å²) in [5, 5.41) is 304. The van der Waals surface area contributed by atoms with E-state index in [0.717, 1.165) is 20.8 Å². The number of carbonyl (C=O) groups is 4. The fraction of sp³-hybridized carbons (Fsp3) is 0.937. The summed E-state index contributed by atoms with van der Waals surface area (Å²) in [4.78, 5) is 52.0. The molecule has 0 aromatic rings. The van der Waals surface area contributed by atoms with Crippen LogP contribution in [0.2, 0.25) is 0 Å². The van der Waals surface area contributed by atoms with Crippen LogP contribution in [0.1, 0.15) is 41.0 Å². The molecular formula is C63H107N3O47. The first-order valence-corrected chi connectivity index (χ1v) is 35.9. The maximum absolute atomic E-state index is 13.6. The number of carboxylic acids is 1. The minimum absolute atomic E-state index is 0.852. The number of hydrogen-bond acceptors (Lipinski definition) is 46. The summed E-state index contributed by atoms with van der Waals surface area (Å²) in [5.41, 5.74) is 0. The number of hydrogen-bond donors (Lipinski definition) is 30. The molecule has 8 aliphatic heterocycles. The number of ether oxygens (including phenoxy) is 16. The van der Waals surface area contributed by atoms with Gasteiger partial charge in [0.15, 0.2) is 44.0 Å². The normalized spacial score (nSPS) is 46.3. The Balaban J connectivity index is 1.17. The summed E-state index contributed by atoms with van der Waals surface area (Å²) < 4.78 is 94.9. The lowest BCUT2D eigenvalue weighted by molar-refractivity contribution is -0.386. The Morgan fingerprint density at radius 1 is 0.389 bits per heavy atom. The van der Waals surface area contributed by atoms with Crippen LogP contribution in [0.15, 0.2) is 0 Å². The predicted molar refractivity (Wildman–Crippen MR) is 348 cm³/mol. The number of aliphatic hydroxyl groups is 26. The lowest BCUT2D eigenvalue weighted by Crippen LogP contribution is -2.70. The molecule has 45 atom stereocenters. The van der Waals surface area contributed by atoms with Crippen molar-refractivity contribution in [2.45, 2.75) is 317 Å². The Bertz CT molecular complexity index is 2990. The molecule has 3 amide bonds. The smallest absolute Gasteiger partial charge is 0.364 e. The molecule has 0 spiro atoms. The second-order valence-corrected chi connectivity index (χ2v) is 28.6. The molecule has 8 saturated heterocycles. The van der Waals surface area contributed by atoms with Crippen molar-refractivity contribution in [1.29, 1.82) is 0 Å².